The summed E-state index contributed by atoms with van der Waals surface area (Å²) in [7, 11) is 0. The maximum atomic E-state index is 12.9. The normalized spacial score (nSPS) is 16.8. The van der Waals surface area contributed by atoms with Gasteiger partial charge in [-0.15, -0.1) is 12.4 Å². The molecular weight excluding hydrogens is 334 g/mol. The van der Waals surface area contributed by atoms with Gasteiger partial charge in [0, 0.05) is 6.54 Å². The average Bonchev–Trinajstić information content (AvgIpc) is 2.89. The van der Waals surface area contributed by atoms with Crippen LogP contribution in [0.2, 0.25) is 0 Å². The number of ether oxygens (including phenoxy) is 1. The molecule has 0 aromatic heterocycles. The van der Waals surface area contributed by atoms with E-state index in [1.807, 2.05) is 18.2 Å². The highest BCUT2D eigenvalue weighted by Gasteiger charge is 2.31. The number of nitrogens with zero attached hydrogens (tertiary/aromatic N) is 1. The number of hydrogen-bond acceptors (Lipinski definition) is 3. The molecule has 0 heterocycles. The smallest absolute Gasteiger partial charge is 0.313 e. The first kappa shape index (κ1) is 22.0. The summed E-state index contributed by atoms with van der Waals surface area (Å²) in [6, 6.07) is 10.2. The third kappa shape index (κ3) is 6.99. The second-order valence-corrected chi connectivity index (χ2v) is 6.83. The third-order valence-electron chi connectivity index (χ3n) is 5.33. The van der Waals surface area contributed by atoms with E-state index in [2.05, 4.69) is 30.9 Å². The van der Waals surface area contributed by atoms with Crippen molar-refractivity contribution in [2.75, 3.05) is 26.2 Å². The molecule has 0 bridgehead atoms. The molecule has 0 amide bonds. The van der Waals surface area contributed by atoms with Gasteiger partial charge in [0.05, 0.1) is 5.92 Å². The van der Waals surface area contributed by atoms with Crippen LogP contribution in [0.5, 0.6) is 0 Å². The van der Waals surface area contributed by atoms with E-state index in [4.69, 9.17) is 4.74 Å². The van der Waals surface area contributed by atoms with Gasteiger partial charge in [-0.2, -0.15) is 0 Å². The molecule has 1 aromatic rings. The van der Waals surface area contributed by atoms with Gasteiger partial charge in [-0.25, -0.2) is 0 Å². The Morgan fingerprint density at radius 1 is 1.08 bits per heavy atom. The number of benzene rings is 1. The summed E-state index contributed by atoms with van der Waals surface area (Å²) in [5.74, 6) is 0.303. The summed E-state index contributed by atoms with van der Waals surface area (Å²) in [4.78, 5) is 15.2. The van der Waals surface area contributed by atoms with Crippen LogP contribution in [0.3, 0.4) is 0 Å². The lowest BCUT2D eigenvalue weighted by Crippen LogP contribution is -2.30. The van der Waals surface area contributed by atoms with Crippen molar-refractivity contribution in [2.45, 2.75) is 58.3 Å². The number of carbonyl (C=O) groups excluding carboxylic acids is 1. The Hall–Kier alpha value is -1.06. The van der Waals surface area contributed by atoms with Crippen molar-refractivity contribution in [3.63, 3.8) is 0 Å². The van der Waals surface area contributed by atoms with Gasteiger partial charge in [0.2, 0.25) is 0 Å². The average molecular weight is 368 g/mol. The van der Waals surface area contributed by atoms with Crippen molar-refractivity contribution >= 4 is 18.4 Å². The largest absolute Gasteiger partial charge is 0.464 e. The first-order valence-corrected chi connectivity index (χ1v) is 9.70. The van der Waals surface area contributed by atoms with Gasteiger partial charge in [-0.3, -0.25) is 4.79 Å². The molecule has 1 saturated carbocycles. The fraction of sp³-hybridized carbons (Fsp3) is 0.667. The zero-order chi connectivity index (χ0) is 17.2. The summed E-state index contributed by atoms with van der Waals surface area (Å²) in [5.41, 5.74) is 1.12. The van der Waals surface area contributed by atoms with Crippen LogP contribution in [0.4, 0.5) is 0 Å². The van der Waals surface area contributed by atoms with Crippen LogP contribution in [-0.2, 0) is 9.53 Å². The molecule has 1 aromatic carbocycles. The van der Waals surface area contributed by atoms with E-state index in [-0.39, 0.29) is 24.3 Å². The number of halogens is 1. The summed E-state index contributed by atoms with van der Waals surface area (Å²) in [6.45, 7) is 7.60. The molecule has 0 saturated heterocycles. The third-order valence-corrected chi connectivity index (χ3v) is 5.33. The fourth-order valence-electron chi connectivity index (χ4n) is 3.81. The van der Waals surface area contributed by atoms with E-state index in [0.29, 0.717) is 12.5 Å². The van der Waals surface area contributed by atoms with Crippen LogP contribution in [0.25, 0.3) is 0 Å². The van der Waals surface area contributed by atoms with E-state index in [1.165, 1.54) is 25.7 Å². The molecule has 25 heavy (non-hydrogen) atoms. The summed E-state index contributed by atoms with van der Waals surface area (Å²) in [5, 5.41) is 0. The summed E-state index contributed by atoms with van der Waals surface area (Å²) in [6.07, 6.45) is 7.36. The van der Waals surface area contributed by atoms with E-state index in [9.17, 15) is 4.79 Å². The number of carbonyl (C=O) groups is 1. The van der Waals surface area contributed by atoms with E-state index in [0.717, 1.165) is 38.0 Å². The van der Waals surface area contributed by atoms with Crippen molar-refractivity contribution in [1.82, 2.24) is 4.90 Å². The lowest BCUT2D eigenvalue weighted by atomic mass is 9.81. The number of hydrogen-bond donors (Lipinski definition) is 0. The first-order valence-electron chi connectivity index (χ1n) is 9.70. The van der Waals surface area contributed by atoms with Crippen LogP contribution in [0.15, 0.2) is 30.3 Å². The molecule has 0 aliphatic heterocycles. The zero-order valence-corrected chi connectivity index (χ0v) is 16.6. The highest BCUT2D eigenvalue weighted by molar-refractivity contribution is 5.85. The predicted molar refractivity (Wildman–Crippen MR) is 106 cm³/mol. The Balaban J connectivity index is 0.00000312. The maximum absolute atomic E-state index is 12.9. The van der Waals surface area contributed by atoms with Crippen LogP contribution in [-0.4, -0.2) is 37.1 Å². The van der Waals surface area contributed by atoms with Gasteiger partial charge in [0.1, 0.15) is 6.61 Å². The Morgan fingerprint density at radius 3 is 2.24 bits per heavy atom. The molecule has 1 aliphatic rings. The monoisotopic (exact) mass is 367 g/mol. The lowest BCUT2D eigenvalue weighted by molar-refractivity contribution is -0.147. The lowest BCUT2D eigenvalue weighted by Gasteiger charge is -2.26. The molecule has 3 nitrogen and oxygen atoms in total. The number of likely N-dealkylation sites (N-methyl/N-ethyl adjacent to an activating group) is 1. The van der Waals surface area contributed by atoms with Crippen LogP contribution >= 0.6 is 12.4 Å². The Kier molecular flexibility index (Phi) is 10.8. The molecule has 1 aliphatic carbocycles. The fourth-order valence-corrected chi connectivity index (χ4v) is 3.81. The summed E-state index contributed by atoms with van der Waals surface area (Å²) >= 11 is 0. The van der Waals surface area contributed by atoms with E-state index < -0.39 is 0 Å². The molecule has 2 rings (SSSR count). The highest BCUT2D eigenvalue weighted by Crippen LogP contribution is 2.36. The molecule has 0 spiro atoms. The number of rotatable bonds is 8. The molecule has 1 atom stereocenters. The van der Waals surface area contributed by atoms with Gasteiger partial charge < -0.3 is 9.64 Å². The molecular formula is C21H34ClNO2. The zero-order valence-electron chi connectivity index (χ0n) is 15.8. The van der Waals surface area contributed by atoms with Crippen LogP contribution in [0.1, 0.15) is 63.9 Å². The minimum atomic E-state index is -0.0963. The van der Waals surface area contributed by atoms with Gasteiger partial charge in [-0.1, -0.05) is 69.9 Å². The van der Waals surface area contributed by atoms with E-state index >= 15 is 0 Å². The Bertz CT molecular complexity index is 468. The van der Waals surface area contributed by atoms with E-state index in [1.54, 1.807) is 0 Å². The number of esters is 1. The maximum Gasteiger partial charge on any atom is 0.313 e. The van der Waals surface area contributed by atoms with Crippen molar-refractivity contribution in [3.05, 3.63) is 35.9 Å². The van der Waals surface area contributed by atoms with Crippen molar-refractivity contribution in [3.8, 4) is 0 Å². The van der Waals surface area contributed by atoms with Crippen LogP contribution in [0, 0.1) is 5.92 Å². The SMILES string of the molecule is CCN(CC)CCOC(=O)C(c1ccccc1)C1CCCCCC1.Cl. The molecule has 4 heteroatoms. The summed E-state index contributed by atoms with van der Waals surface area (Å²) < 4.78 is 5.71. The highest BCUT2D eigenvalue weighted by atomic mass is 35.5. The molecule has 1 unspecified atom stereocenters. The quantitative estimate of drug-likeness (QED) is 0.475. The minimum absolute atomic E-state index is 0. The van der Waals surface area contributed by atoms with Gasteiger partial charge >= 0.3 is 5.97 Å². The van der Waals surface area contributed by atoms with Crippen molar-refractivity contribution in [1.29, 1.82) is 0 Å². The standard InChI is InChI=1S/C21H33NO2.ClH/c1-3-22(4-2)16-17-24-21(23)20(19-14-10-7-11-15-19)18-12-8-5-6-9-13-18;/h7,10-11,14-15,18,20H,3-6,8-9,12-13,16-17H2,1-2H3;1H. The molecule has 0 N–H and O–H groups in total. The van der Waals surface area contributed by atoms with Crippen LogP contribution < -0.4 is 0 Å². The van der Waals surface area contributed by atoms with Gasteiger partial charge in [0.25, 0.3) is 0 Å². The first-order chi connectivity index (χ1) is 11.8. The predicted octanol–water partition coefficient (Wildman–Crippen LogP) is 5.05. The molecule has 0 radical (unpaired) electrons. The minimum Gasteiger partial charge on any atom is -0.464 e. The Labute approximate surface area is 159 Å². The molecule has 1 fully saturated rings. The topological polar surface area (TPSA) is 29.5 Å². The van der Waals surface area contributed by atoms with Gasteiger partial charge in [0.15, 0.2) is 0 Å². The van der Waals surface area contributed by atoms with Crippen molar-refractivity contribution in [2.24, 2.45) is 5.92 Å². The Morgan fingerprint density at radius 2 is 1.68 bits per heavy atom. The second kappa shape index (κ2) is 12.3. The van der Waals surface area contributed by atoms with Gasteiger partial charge in [-0.05, 0) is 37.4 Å². The second-order valence-electron chi connectivity index (χ2n) is 6.83. The molecule has 142 valence electrons. The van der Waals surface area contributed by atoms with Crippen molar-refractivity contribution < 1.29 is 9.53 Å².